The average molecular weight is 231 g/mol. The molecule has 17 heavy (non-hydrogen) atoms. The first-order valence-electron chi connectivity index (χ1n) is 5.35. The molecule has 0 radical (unpaired) electrons. The highest BCUT2D eigenvalue weighted by atomic mass is 16.4. The first-order chi connectivity index (χ1) is 8.16. The van der Waals surface area contributed by atoms with Crippen LogP contribution < -0.4 is 0 Å². The summed E-state index contributed by atoms with van der Waals surface area (Å²) in [5.41, 5.74) is 2.92. The highest BCUT2D eigenvalue weighted by Gasteiger charge is 2.06. The van der Waals surface area contributed by atoms with E-state index in [1.807, 2.05) is 31.2 Å². The molecule has 0 fully saturated rings. The second kappa shape index (κ2) is 4.78. The van der Waals surface area contributed by atoms with Gasteiger partial charge in [0.25, 0.3) is 0 Å². The number of carbonyl (C=O) groups is 1. The van der Waals surface area contributed by atoms with Crippen molar-refractivity contribution in [2.24, 2.45) is 0 Å². The number of carboxylic acid groups (broad SMARTS) is 1. The van der Waals surface area contributed by atoms with Crippen molar-refractivity contribution in [2.75, 3.05) is 0 Å². The van der Waals surface area contributed by atoms with Gasteiger partial charge in [-0.15, -0.1) is 5.10 Å². The Kier molecular flexibility index (Phi) is 3.18. The monoisotopic (exact) mass is 231 g/mol. The second-order valence-corrected chi connectivity index (χ2v) is 3.83. The minimum atomic E-state index is -0.835. The van der Waals surface area contributed by atoms with Crippen LogP contribution in [0.1, 0.15) is 12.0 Å². The molecule has 5 nitrogen and oxygen atoms in total. The van der Waals surface area contributed by atoms with E-state index in [0.29, 0.717) is 6.54 Å². The van der Waals surface area contributed by atoms with Crippen molar-refractivity contribution in [2.45, 2.75) is 19.9 Å². The first-order valence-corrected chi connectivity index (χ1v) is 5.35. The van der Waals surface area contributed by atoms with Crippen LogP contribution in [0.5, 0.6) is 0 Å². The summed E-state index contributed by atoms with van der Waals surface area (Å²) < 4.78 is 1.55. The van der Waals surface area contributed by atoms with Crippen LogP contribution in [0.2, 0.25) is 0 Å². The first kappa shape index (κ1) is 11.3. The predicted octanol–water partition coefficient (Wildman–Crippen LogP) is 1.73. The molecular weight excluding hydrogens is 218 g/mol. The Labute approximate surface area is 98.7 Å². The number of aromatic nitrogens is 3. The van der Waals surface area contributed by atoms with Crippen molar-refractivity contribution in [1.29, 1.82) is 0 Å². The van der Waals surface area contributed by atoms with E-state index in [1.54, 1.807) is 10.9 Å². The molecule has 2 rings (SSSR count). The van der Waals surface area contributed by atoms with Crippen LogP contribution in [0.15, 0.2) is 30.5 Å². The summed E-state index contributed by atoms with van der Waals surface area (Å²) in [5.74, 6) is -0.835. The molecule has 0 atom stereocenters. The van der Waals surface area contributed by atoms with Crippen molar-refractivity contribution < 1.29 is 9.90 Å². The van der Waals surface area contributed by atoms with E-state index in [-0.39, 0.29) is 6.42 Å². The van der Waals surface area contributed by atoms with Gasteiger partial charge in [0.1, 0.15) is 5.69 Å². The van der Waals surface area contributed by atoms with Gasteiger partial charge in [0.15, 0.2) is 0 Å². The fourth-order valence-electron chi connectivity index (χ4n) is 1.60. The zero-order valence-corrected chi connectivity index (χ0v) is 9.50. The molecule has 1 aromatic carbocycles. The Morgan fingerprint density at radius 2 is 2.18 bits per heavy atom. The number of hydrogen-bond donors (Lipinski definition) is 1. The molecule has 2 aromatic rings. The molecule has 0 saturated carbocycles. The maximum absolute atomic E-state index is 10.4. The van der Waals surface area contributed by atoms with Gasteiger partial charge in [-0.05, 0) is 12.5 Å². The maximum Gasteiger partial charge on any atom is 0.305 e. The number of nitrogens with zero attached hydrogens (tertiary/aromatic N) is 3. The minimum absolute atomic E-state index is 0.0522. The van der Waals surface area contributed by atoms with Gasteiger partial charge < -0.3 is 5.11 Å². The molecule has 1 heterocycles. The van der Waals surface area contributed by atoms with Crippen LogP contribution in [0.3, 0.4) is 0 Å². The number of carboxylic acids is 1. The molecule has 88 valence electrons. The molecule has 0 amide bonds. The van der Waals surface area contributed by atoms with Gasteiger partial charge in [-0.2, -0.15) is 0 Å². The highest BCUT2D eigenvalue weighted by molar-refractivity contribution is 5.66. The van der Waals surface area contributed by atoms with Crippen LogP contribution >= 0.6 is 0 Å². The number of rotatable bonds is 4. The number of aliphatic carboxylic acids is 1. The maximum atomic E-state index is 10.4. The summed E-state index contributed by atoms with van der Waals surface area (Å²) in [5, 5.41) is 16.5. The smallest absolute Gasteiger partial charge is 0.305 e. The van der Waals surface area contributed by atoms with Crippen LogP contribution in [0.25, 0.3) is 11.3 Å². The van der Waals surface area contributed by atoms with E-state index >= 15 is 0 Å². The molecule has 0 spiro atoms. The van der Waals surface area contributed by atoms with E-state index in [2.05, 4.69) is 10.3 Å². The van der Waals surface area contributed by atoms with Gasteiger partial charge in [0, 0.05) is 5.56 Å². The number of aryl methyl sites for hydroxylation is 2. The van der Waals surface area contributed by atoms with Crippen LogP contribution in [0.4, 0.5) is 0 Å². The Morgan fingerprint density at radius 3 is 2.88 bits per heavy atom. The molecule has 0 aliphatic rings. The molecule has 1 N–H and O–H groups in total. The van der Waals surface area contributed by atoms with Gasteiger partial charge in [0.2, 0.25) is 0 Å². The Bertz CT molecular complexity index is 534. The topological polar surface area (TPSA) is 68.0 Å². The van der Waals surface area contributed by atoms with Crippen LogP contribution in [-0.2, 0) is 11.3 Å². The molecule has 0 saturated heterocycles. The van der Waals surface area contributed by atoms with E-state index in [1.165, 1.54) is 0 Å². The molecule has 0 aliphatic carbocycles. The second-order valence-electron chi connectivity index (χ2n) is 3.83. The zero-order valence-electron chi connectivity index (χ0n) is 9.50. The molecule has 0 bridgehead atoms. The summed E-state index contributed by atoms with van der Waals surface area (Å²) >= 11 is 0. The van der Waals surface area contributed by atoms with Crippen molar-refractivity contribution in [3.05, 3.63) is 36.0 Å². The quantitative estimate of drug-likeness (QED) is 0.870. The normalized spacial score (nSPS) is 10.4. The van der Waals surface area contributed by atoms with Gasteiger partial charge >= 0.3 is 5.97 Å². The third-order valence-electron chi connectivity index (χ3n) is 2.51. The lowest BCUT2D eigenvalue weighted by Crippen LogP contribution is -2.04. The molecule has 0 unspecified atom stereocenters. The van der Waals surface area contributed by atoms with Crippen molar-refractivity contribution >= 4 is 5.97 Å². The minimum Gasteiger partial charge on any atom is -0.481 e. The third-order valence-corrected chi connectivity index (χ3v) is 2.51. The lowest BCUT2D eigenvalue weighted by molar-refractivity contribution is -0.137. The summed E-state index contributed by atoms with van der Waals surface area (Å²) in [6.07, 6.45) is 1.82. The van der Waals surface area contributed by atoms with E-state index in [9.17, 15) is 4.79 Å². The summed E-state index contributed by atoms with van der Waals surface area (Å²) in [7, 11) is 0. The van der Waals surface area contributed by atoms with E-state index in [4.69, 9.17) is 5.11 Å². The summed E-state index contributed by atoms with van der Waals surface area (Å²) in [4.78, 5) is 10.4. The highest BCUT2D eigenvalue weighted by Crippen LogP contribution is 2.19. The molecule has 0 aliphatic heterocycles. The fraction of sp³-hybridized carbons (Fsp3) is 0.250. The Hall–Kier alpha value is -2.17. The van der Waals surface area contributed by atoms with Crippen molar-refractivity contribution in [3.8, 4) is 11.3 Å². The summed E-state index contributed by atoms with van der Waals surface area (Å²) in [6.45, 7) is 2.35. The van der Waals surface area contributed by atoms with Crippen LogP contribution in [-0.4, -0.2) is 26.1 Å². The largest absolute Gasteiger partial charge is 0.481 e. The van der Waals surface area contributed by atoms with Crippen LogP contribution in [0, 0.1) is 6.92 Å². The number of benzene rings is 1. The molecule has 1 aromatic heterocycles. The third kappa shape index (κ3) is 2.69. The van der Waals surface area contributed by atoms with Crippen molar-refractivity contribution in [1.82, 2.24) is 15.0 Å². The van der Waals surface area contributed by atoms with E-state index in [0.717, 1.165) is 16.8 Å². The Balaban J connectivity index is 2.18. The SMILES string of the molecule is Cc1ccccc1-c1cn(CCC(=O)O)nn1. The van der Waals surface area contributed by atoms with Gasteiger partial charge in [-0.1, -0.05) is 29.5 Å². The lowest BCUT2D eigenvalue weighted by atomic mass is 10.1. The standard InChI is InChI=1S/C12H13N3O2/c1-9-4-2-3-5-10(9)11-8-15(14-13-11)7-6-12(16)17/h2-5,8H,6-7H2,1H3,(H,16,17). The number of hydrogen-bond acceptors (Lipinski definition) is 3. The molecular formula is C12H13N3O2. The van der Waals surface area contributed by atoms with Gasteiger partial charge in [-0.25, -0.2) is 0 Å². The summed E-state index contributed by atoms with van der Waals surface area (Å²) in [6, 6.07) is 7.89. The molecule has 5 heteroatoms. The predicted molar refractivity (Wildman–Crippen MR) is 62.4 cm³/mol. The van der Waals surface area contributed by atoms with Gasteiger partial charge in [0.05, 0.1) is 19.2 Å². The fourth-order valence-corrected chi connectivity index (χ4v) is 1.60. The Morgan fingerprint density at radius 1 is 1.41 bits per heavy atom. The zero-order chi connectivity index (χ0) is 12.3. The van der Waals surface area contributed by atoms with Gasteiger partial charge in [-0.3, -0.25) is 9.48 Å². The average Bonchev–Trinajstić information content (AvgIpc) is 2.75. The lowest BCUT2D eigenvalue weighted by Gasteiger charge is -1.99. The van der Waals surface area contributed by atoms with E-state index < -0.39 is 5.97 Å². The van der Waals surface area contributed by atoms with Crippen molar-refractivity contribution in [3.63, 3.8) is 0 Å².